The minimum atomic E-state index is -0.886. The fourth-order valence-electron chi connectivity index (χ4n) is 6.45. The first-order chi connectivity index (χ1) is 19.7. The van der Waals surface area contributed by atoms with Crippen molar-refractivity contribution in [2.24, 2.45) is 13.0 Å². The second-order valence-electron chi connectivity index (χ2n) is 12.4. The Hall–Kier alpha value is -3.40. The maximum absolute atomic E-state index is 12.4. The van der Waals surface area contributed by atoms with Crippen LogP contribution < -0.4 is 10.9 Å². The molecule has 9 nitrogen and oxygen atoms in total. The molecule has 1 saturated carbocycles. The van der Waals surface area contributed by atoms with Crippen LogP contribution in [-0.4, -0.2) is 54.2 Å². The Morgan fingerprint density at radius 3 is 2.63 bits per heavy atom. The van der Waals surface area contributed by atoms with Gasteiger partial charge in [-0.15, -0.1) is 0 Å². The van der Waals surface area contributed by atoms with Gasteiger partial charge in [0, 0.05) is 43.0 Å². The second-order valence-corrected chi connectivity index (χ2v) is 12.4. The minimum Gasteiger partial charge on any atom is -0.389 e. The van der Waals surface area contributed by atoms with E-state index in [1.54, 1.807) is 36.3 Å². The predicted molar refractivity (Wildman–Crippen MR) is 160 cm³/mol. The Morgan fingerprint density at radius 1 is 1.07 bits per heavy atom. The molecular formula is C32H40N6O3. The Labute approximate surface area is 240 Å². The third-order valence-corrected chi connectivity index (χ3v) is 8.39. The summed E-state index contributed by atoms with van der Waals surface area (Å²) in [5, 5.41) is 19.5. The van der Waals surface area contributed by atoms with Crippen LogP contribution in [0.3, 0.4) is 0 Å². The maximum atomic E-state index is 12.4. The SMILES string of the molecule is Cc1cc(-c2ccc3nc(-c4cnn(CC(C)(C)O)c4)nc(C4OCCNC4C4CCCCC4)c3c2)cn(C)c1=O. The number of aliphatic hydroxyl groups is 1. The lowest BCUT2D eigenvalue weighted by atomic mass is 9.80. The minimum absolute atomic E-state index is 0.00494. The summed E-state index contributed by atoms with van der Waals surface area (Å²) in [6.07, 6.45) is 11.5. The number of pyridine rings is 1. The Balaban J connectivity index is 1.49. The number of fused-ring (bicyclic) bond motifs is 1. The lowest BCUT2D eigenvalue weighted by Crippen LogP contribution is -2.48. The van der Waals surface area contributed by atoms with Crippen molar-refractivity contribution in [1.82, 2.24) is 29.6 Å². The van der Waals surface area contributed by atoms with E-state index in [1.165, 1.54) is 32.1 Å². The molecule has 6 rings (SSSR count). The topological polar surface area (TPSA) is 107 Å². The number of ether oxygens (including phenoxy) is 1. The van der Waals surface area contributed by atoms with Crippen molar-refractivity contribution < 1.29 is 9.84 Å². The van der Waals surface area contributed by atoms with Gasteiger partial charge >= 0.3 is 0 Å². The molecule has 2 atom stereocenters. The molecule has 9 heteroatoms. The molecule has 1 aliphatic heterocycles. The highest BCUT2D eigenvalue weighted by Crippen LogP contribution is 2.38. The van der Waals surface area contributed by atoms with Crippen LogP contribution in [0.15, 0.2) is 47.7 Å². The molecule has 1 aromatic carbocycles. The molecule has 2 aliphatic rings. The molecule has 4 aromatic rings. The van der Waals surface area contributed by atoms with E-state index in [0.29, 0.717) is 30.5 Å². The largest absolute Gasteiger partial charge is 0.389 e. The van der Waals surface area contributed by atoms with Crippen molar-refractivity contribution in [3.05, 3.63) is 64.5 Å². The molecule has 3 aromatic heterocycles. The van der Waals surface area contributed by atoms with E-state index in [4.69, 9.17) is 14.7 Å². The Morgan fingerprint density at radius 2 is 1.88 bits per heavy atom. The fourth-order valence-corrected chi connectivity index (χ4v) is 6.45. The fraction of sp³-hybridized carbons (Fsp3) is 0.500. The molecule has 41 heavy (non-hydrogen) atoms. The zero-order valence-electron chi connectivity index (χ0n) is 24.4. The number of nitrogens with zero attached hydrogens (tertiary/aromatic N) is 5. The zero-order valence-corrected chi connectivity index (χ0v) is 24.4. The van der Waals surface area contributed by atoms with Crippen LogP contribution in [0.2, 0.25) is 0 Å². The molecule has 0 amide bonds. The van der Waals surface area contributed by atoms with Crippen molar-refractivity contribution in [2.75, 3.05) is 13.2 Å². The molecule has 0 bridgehead atoms. The third kappa shape index (κ3) is 5.84. The molecule has 4 heterocycles. The Kier molecular flexibility index (Phi) is 7.52. The second kappa shape index (κ2) is 11.1. The van der Waals surface area contributed by atoms with Gasteiger partial charge in [-0.25, -0.2) is 9.97 Å². The van der Waals surface area contributed by atoms with Crippen molar-refractivity contribution in [3.63, 3.8) is 0 Å². The summed E-state index contributed by atoms with van der Waals surface area (Å²) in [5.74, 6) is 1.13. The summed E-state index contributed by atoms with van der Waals surface area (Å²) in [6.45, 7) is 7.21. The first-order valence-corrected chi connectivity index (χ1v) is 14.8. The summed E-state index contributed by atoms with van der Waals surface area (Å²) in [4.78, 5) is 22.5. The monoisotopic (exact) mass is 556 g/mol. The summed E-state index contributed by atoms with van der Waals surface area (Å²) in [6, 6.07) is 8.35. The van der Waals surface area contributed by atoms with Crippen LogP contribution in [0.5, 0.6) is 0 Å². The maximum Gasteiger partial charge on any atom is 0.253 e. The first kappa shape index (κ1) is 27.8. The van der Waals surface area contributed by atoms with E-state index in [9.17, 15) is 9.90 Å². The number of benzene rings is 1. The van der Waals surface area contributed by atoms with Crippen LogP contribution in [-0.2, 0) is 18.3 Å². The van der Waals surface area contributed by atoms with E-state index in [2.05, 4.69) is 22.5 Å². The highest BCUT2D eigenvalue weighted by Gasteiger charge is 2.36. The molecule has 2 unspecified atom stereocenters. The number of morpholine rings is 1. The third-order valence-electron chi connectivity index (χ3n) is 8.39. The molecular weight excluding hydrogens is 516 g/mol. The molecule has 0 spiro atoms. The number of aryl methyl sites for hydroxylation is 2. The zero-order chi connectivity index (χ0) is 28.7. The Bertz CT molecular complexity index is 1590. The normalized spacial score (nSPS) is 20.5. The van der Waals surface area contributed by atoms with Gasteiger partial charge in [-0.2, -0.15) is 5.10 Å². The lowest BCUT2D eigenvalue weighted by molar-refractivity contribution is -0.0294. The smallest absolute Gasteiger partial charge is 0.253 e. The quantitative estimate of drug-likeness (QED) is 0.359. The van der Waals surface area contributed by atoms with Crippen LogP contribution >= 0.6 is 0 Å². The van der Waals surface area contributed by atoms with Crippen LogP contribution in [0.4, 0.5) is 0 Å². The van der Waals surface area contributed by atoms with Gasteiger partial charge in [0.1, 0.15) is 6.10 Å². The lowest BCUT2D eigenvalue weighted by Gasteiger charge is -2.39. The van der Waals surface area contributed by atoms with E-state index < -0.39 is 5.60 Å². The van der Waals surface area contributed by atoms with E-state index >= 15 is 0 Å². The van der Waals surface area contributed by atoms with Crippen LogP contribution in [0.1, 0.15) is 63.3 Å². The van der Waals surface area contributed by atoms with Crippen LogP contribution in [0.25, 0.3) is 33.4 Å². The standard InChI is InChI=1S/C32H40N6O3/c1-20-14-23(17-37(4)31(20)39)22-10-11-26-25(15-22)28(29-27(33-12-13-41-29)21-8-6-5-7-9-21)36-30(35-26)24-16-34-38(18-24)19-32(2,3)40/h10-11,14-18,21,27,29,33,40H,5-9,12-13,19H2,1-4H3. The number of hydrogen-bond acceptors (Lipinski definition) is 7. The van der Waals surface area contributed by atoms with Crippen molar-refractivity contribution in [1.29, 1.82) is 0 Å². The van der Waals surface area contributed by atoms with Crippen molar-refractivity contribution in [2.45, 2.75) is 77.2 Å². The molecule has 1 aliphatic carbocycles. The highest BCUT2D eigenvalue weighted by atomic mass is 16.5. The van der Waals surface area contributed by atoms with Gasteiger partial charge in [-0.1, -0.05) is 25.3 Å². The molecule has 2 N–H and O–H groups in total. The van der Waals surface area contributed by atoms with E-state index in [0.717, 1.165) is 39.8 Å². The number of hydrogen-bond donors (Lipinski definition) is 2. The van der Waals surface area contributed by atoms with Gasteiger partial charge in [0.15, 0.2) is 5.82 Å². The number of nitrogens with one attached hydrogen (secondary N) is 1. The van der Waals surface area contributed by atoms with Gasteiger partial charge in [-0.05, 0) is 68.9 Å². The van der Waals surface area contributed by atoms with Gasteiger partial charge in [0.2, 0.25) is 0 Å². The van der Waals surface area contributed by atoms with Gasteiger partial charge in [0.05, 0.1) is 41.7 Å². The van der Waals surface area contributed by atoms with Crippen molar-refractivity contribution >= 4 is 10.9 Å². The van der Waals surface area contributed by atoms with Gasteiger partial charge in [-0.3, -0.25) is 9.48 Å². The summed E-state index contributed by atoms with van der Waals surface area (Å²) < 4.78 is 9.91. The summed E-state index contributed by atoms with van der Waals surface area (Å²) in [7, 11) is 1.79. The van der Waals surface area contributed by atoms with Crippen molar-refractivity contribution in [3.8, 4) is 22.5 Å². The number of rotatable bonds is 6. The van der Waals surface area contributed by atoms with E-state index in [1.807, 2.05) is 31.5 Å². The first-order valence-electron chi connectivity index (χ1n) is 14.8. The van der Waals surface area contributed by atoms with Gasteiger partial charge < -0.3 is 19.7 Å². The summed E-state index contributed by atoms with van der Waals surface area (Å²) >= 11 is 0. The average Bonchev–Trinajstić information content (AvgIpc) is 3.42. The highest BCUT2D eigenvalue weighted by molar-refractivity contribution is 5.88. The molecule has 216 valence electrons. The number of aromatic nitrogens is 5. The average molecular weight is 557 g/mol. The van der Waals surface area contributed by atoms with Gasteiger partial charge in [0.25, 0.3) is 5.56 Å². The summed E-state index contributed by atoms with van der Waals surface area (Å²) in [5.41, 5.74) is 4.32. The molecule has 1 saturated heterocycles. The van der Waals surface area contributed by atoms with Crippen LogP contribution in [0, 0.1) is 12.8 Å². The molecule has 0 radical (unpaired) electrons. The molecule has 2 fully saturated rings. The van der Waals surface area contributed by atoms with E-state index in [-0.39, 0.29) is 17.7 Å². The predicted octanol–water partition coefficient (Wildman–Crippen LogP) is 4.55.